The standard InChI is InChI=1S/C28H32O6/c1-18(27(30)34-20-8-6-5-7-9-20)32-22-14-15-23-24(16-22)31-17-25(26(23)29)33-21-12-10-19(11-13-21)28(2,3)4/h10-18,20H,5-9H2,1-4H3. The Morgan fingerprint density at radius 3 is 2.35 bits per heavy atom. The fourth-order valence-corrected chi connectivity index (χ4v) is 4.08. The molecule has 6 heteroatoms. The molecule has 0 amide bonds. The fraction of sp³-hybridized carbons (Fsp3) is 0.429. The minimum absolute atomic E-state index is 0.0231. The van der Waals surface area contributed by atoms with Crippen LogP contribution in [0.1, 0.15) is 65.4 Å². The fourth-order valence-electron chi connectivity index (χ4n) is 4.08. The smallest absolute Gasteiger partial charge is 0.347 e. The number of rotatable bonds is 6. The Kier molecular flexibility index (Phi) is 6.96. The predicted molar refractivity (Wildman–Crippen MR) is 131 cm³/mol. The number of hydrogen-bond acceptors (Lipinski definition) is 6. The van der Waals surface area contributed by atoms with Gasteiger partial charge in [0, 0.05) is 6.07 Å². The quantitative estimate of drug-likeness (QED) is 0.386. The van der Waals surface area contributed by atoms with Gasteiger partial charge in [-0.1, -0.05) is 39.3 Å². The van der Waals surface area contributed by atoms with E-state index in [1.807, 2.05) is 24.3 Å². The van der Waals surface area contributed by atoms with Gasteiger partial charge in [0.25, 0.3) is 0 Å². The topological polar surface area (TPSA) is 75.0 Å². The molecule has 1 aliphatic carbocycles. The molecule has 0 spiro atoms. The Morgan fingerprint density at radius 1 is 1.00 bits per heavy atom. The van der Waals surface area contributed by atoms with Gasteiger partial charge in [-0.15, -0.1) is 0 Å². The first-order valence-corrected chi connectivity index (χ1v) is 11.9. The highest BCUT2D eigenvalue weighted by atomic mass is 16.6. The van der Waals surface area contributed by atoms with E-state index in [4.69, 9.17) is 18.6 Å². The molecule has 3 aromatic rings. The number of fused-ring (bicyclic) bond motifs is 1. The van der Waals surface area contributed by atoms with Crippen molar-refractivity contribution in [1.82, 2.24) is 0 Å². The summed E-state index contributed by atoms with van der Waals surface area (Å²) in [5, 5.41) is 0.369. The van der Waals surface area contributed by atoms with E-state index < -0.39 is 6.10 Å². The molecule has 1 unspecified atom stereocenters. The molecule has 6 nitrogen and oxygen atoms in total. The molecule has 1 atom stereocenters. The van der Waals surface area contributed by atoms with Crippen molar-refractivity contribution in [3.05, 3.63) is 64.5 Å². The van der Waals surface area contributed by atoms with Crippen LogP contribution in [0, 0.1) is 0 Å². The lowest BCUT2D eigenvalue weighted by Crippen LogP contribution is -2.31. The summed E-state index contributed by atoms with van der Waals surface area (Å²) in [6.07, 6.45) is 5.70. The van der Waals surface area contributed by atoms with Crippen molar-refractivity contribution in [1.29, 1.82) is 0 Å². The zero-order chi connectivity index (χ0) is 24.3. The van der Waals surface area contributed by atoms with Crippen LogP contribution in [0.2, 0.25) is 0 Å². The van der Waals surface area contributed by atoms with Crippen LogP contribution in [0.5, 0.6) is 17.2 Å². The Morgan fingerprint density at radius 2 is 1.68 bits per heavy atom. The van der Waals surface area contributed by atoms with Crippen LogP contribution in [0.25, 0.3) is 11.0 Å². The monoisotopic (exact) mass is 464 g/mol. The molecule has 1 heterocycles. The Bertz CT molecular complexity index is 1200. The Hall–Kier alpha value is -3.28. The Balaban J connectivity index is 1.45. The normalized spacial score (nSPS) is 15.6. The molecule has 2 aromatic carbocycles. The summed E-state index contributed by atoms with van der Waals surface area (Å²) in [4.78, 5) is 25.3. The highest BCUT2D eigenvalue weighted by Crippen LogP contribution is 2.28. The summed E-state index contributed by atoms with van der Waals surface area (Å²) in [6.45, 7) is 8.07. The SMILES string of the molecule is CC(Oc1ccc2c(=O)c(Oc3ccc(C(C)(C)C)cc3)coc2c1)C(=O)OC1CCCCC1. The van der Waals surface area contributed by atoms with Crippen LogP contribution >= 0.6 is 0 Å². The van der Waals surface area contributed by atoms with Crippen molar-refractivity contribution in [2.45, 2.75) is 77.4 Å². The van der Waals surface area contributed by atoms with Crippen molar-refractivity contribution in [2.24, 2.45) is 0 Å². The molecular weight excluding hydrogens is 432 g/mol. The van der Waals surface area contributed by atoms with E-state index in [1.54, 1.807) is 25.1 Å². The number of esters is 1. The van der Waals surface area contributed by atoms with E-state index in [1.165, 1.54) is 18.2 Å². The minimum Gasteiger partial charge on any atom is -0.479 e. The van der Waals surface area contributed by atoms with Crippen LogP contribution in [0.3, 0.4) is 0 Å². The van der Waals surface area contributed by atoms with Gasteiger partial charge in [0.2, 0.25) is 11.2 Å². The van der Waals surface area contributed by atoms with E-state index in [2.05, 4.69) is 20.8 Å². The van der Waals surface area contributed by atoms with Crippen LogP contribution in [-0.4, -0.2) is 18.2 Å². The van der Waals surface area contributed by atoms with Crippen LogP contribution in [-0.2, 0) is 14.9 Å². The van der Waals surface area contributed by atoms with Crippen molar-refractivity contribution >= 4 is 16.9 Å². The zero-order valence-corrected chi connectivity index (χ0v) is 20.3. The molecule has 0 radical (unpaired) electrons. The van der Waals surface area contributed by atoms with Crippen molar-refractivity contribution in [3.63, 3.8) is 0 Å². The summed E-state index contributed by atoms with van der Waals surface area (Å²) in [5.41, 5.74) is 1.28. The maximum Gasteiger partial charge on any atom is 0.347 e. The van der Waals surface area contributed by atoms with Gasteiger partial charge >= 0.3 is 5.97 Å². The maximum atomic E-state index is 12.9. The number of ether oxygens (including phenoxy) is 3. The summed E-state index contributed by atoms with van der Waals surface area (Å²) in [6, 6.07) is 12.5. The van der Waals surface area contributed by atoms with Gasteiger partial charge in [0.1, 0.15) is 29.4 Å². The summed E-state index contributed by atoms with van der Waals surface area (Å²) in [7, 11) is 0. The third kappa shape index (κ3) is 5.61. The number of carbonyl (C=O) groups excluding carboxylic acids is 1. The minimum atomic E-state index is -0.759. The lowest BCUT2D eigenvalue weighted by atomic mass is 9.87. The molecule has 0 bridgehead atoms. The van der Waals surface area contributed by atoms with Crippen LogP contribution in [0.15, 0.2) is 57.9 Å². The zero-order valence-electron chi connectivity index (χ0n) is 20.3. The molecule has 4 rings (SSSR count). The molecule has 1 fully saturated rings. The molecule has 1 aromatic heterocycles. The summed E-state index contributed by atoms with van der Waals surface area (Å²) >= 11 is 0. The lowest BCUT2D eigenvalue weighted by molar-refractivity contribution is -0.158. The number of benzene rings is 2. The number of hydrogen-bond donors (Lipinski definition) is 0. The van der Waals surface area contributed by atoms with Crippen LogP contribution < -0.4 is 14.9 Å². The molecule has 1 saturated carbocycles. The Labute approximate surface area is 199 Å². The maximum absolute atomic E-state index is 12.9. The van der Waals surface area contributed by atoms with Crippen molar-refractivity contribution in [3.8, 4) is 17.2 Å². The largest absolute Gasteiger partial charge is 0.479 e. The van der Waals surface area contributed by atoms with Crippen LogP contribution in [0.4, 0.5) is 0 Å². The molecule has 1 aliphatic rings. The van der Waals surface area contributed by atoms with Gasteiger partial charge < -0.3 is 18.6 Å². The molecule has 34 heavy (non-hydrogen) atoms. The third-order valence-electron chi connectivity index (χ3n) is 6.14. The van der Waals surface area contributed by atoms with E-state index in [-0.39, 0.29) is 28.7 Å². The van der Waals surface area contributed by atoms with Gasteiger partial charge in [0.15, 0.2) is 6.10 Å². The van der Waals surface area contributed by atoms with Crippen molar-refractivity contribution < 1.29 is 23.4 Å². The predicted octanol–water partition coefficient (Wildman–Crippen LogP) is 6.53. The lowest BCUT2D eigenvalue weighted by Gasteiger charge is -2.23. The van der Waals surface area contributed by atoms with Gasteiger partial charge in [-0.3, -0.25) is 4.79 Å². The van der Waals surface area contributed by atoms with Gasteiger partial charge in [0.05, 0.1) is 5.39 Å². The number of carbonyl (C=O) groups is 1. The first-order chi connectivity index (χ1) is 16.2. The van der Waals surface area contributed by atoms with Gasteiger partial charge in [-0.25, -0.2) is 4.79 Å². The van der Waals surface area contributed by atoms with Gasteiger partial charge in [-0.2, -0.15) is 0 Å². The second-order valence-electron chi connectivity index (χ2n) is 9.92. The first kappa shape index (κ1) is 23.9. The first-order valence-electron chi connectivity index (χ1n) is 11.9. The average molecular weight is 465 g/mol. The van der Waals surface area contributed by atoms with E-state index in [0.717, 1.165) is 25.7 Å². The third-order valence-corrected chi connectivity index (χ3v) is 6.14. The second kappa shape index (κ2) is 9.92. The van der Waals surface area contributed by atoms with E-state index >= 15 is 0 Å². The molecule has 0 aliphatic heterocycles. The molecular formula is C28H32O6. The van der Waals surface area contributed by atoms with E-state index in [9.17, 15) is 9.59 Å². The summed E-state index contributed by atoms with van der Waals surface area (Å²) < 4.78 is 22.8. The van der Waals surface area contributed by atoms with Crippen molar-refractivity contribution in [2.75, 3.05) is 0 Å². The molecule has 0 saturated heterocycles. The molecule has 180 valence electrons. The van der Waals surface area contributed by atoms with Gasteiger partial charge in [-0.05, 0) is 67.9 Å². The summed E-state index contributed by atoms with van der Waals surface area (Å²) in [5.74, 6) is 0.712. The van der Waals surface area contributed by atoms with E-state index in [0.29, 0.717) is 22.5 Å². The molecule has 0 N–H and O–H groups in total. The second-order valence-corrected chi connectivity index (χ2v) is 9.92. The highest BCUT2D eigenvalue weighted by molar-refractivity contribution is 5.79. The average Bonchev–Trinajstić information content (AvgIpc) is 2.81. The highest BCUT2D eigenvalue weighted by Gasteiger charge is 2.23.